The maximum atomic E-state index is 11.8. The lowest BCUT2D eigenvalue weighted by molar-refractivity contribution is -0.142. The molecule has 27 heavy (non-hydrogen) atoms. The van der Waals surface area contributed by atoms with E-state index in [4.69, 9.17) is 14.2 Å². The van der Waals surface area contributed by atoms with Gasteiger partial charge in [0.05, 0.1) is 20.4 Å². The molecule has 0 aromatic heterocycles. The fraction of sp³-hybridized carbons (Fsp3) is 0.211. The van der Waals surface area contributed by atoms with Crippen LogP contribution in [0.1, 0.15) is 5.56 Å². The zero-order chi connectivity index (χ0) is 19.5. The molecule has 2 aromatic carbocycles. The third-order valence-electron chi connectivity index (χ3n) is 3.30. The van der Waals surface area contributed by atoms with Gasteiger partial charge < -0.3 is 18.9 Å². The van der Waals surface area contributed by atoms with Crippen molar-refractivity contribution in [3.63, 3.8) is 0 Å². The molecule has 0 unspecified atom stereocenters. The summed E-state index contributed by atoms with van der Waals surface area (Å²) in [5.41, 5.74) is 3.12. The van der Waals surface area contributed by atoms with E-state index in [0.29, 0.717) is 17.2 Å². The third kappa shape index (κ3) is 6.69. The second kappa shape index (κ2) is 10.4. The molecule has 142 valence electrons. The first-order chi connectivity index (χ1) is 13.1. The Morgan fingerprint density at radius 3 is 2.33 bits per heavy atom. The van der Waals surface area contributed by atoms with Crippen molar-refractivity contribution in [1.82, 2.24) is 5.43 Å². The van der Waals surface area contributed by atoms with Crippen LogP contribution in [0.25, 0.3) is 0 Å². The van der Waals surface area contributed by atoms with Crippen LogP contribution in [0, 0.1) is 0 Å². The first-order valence-corrected chi connectivity index (χ1v) is 7.99. The van der Waals surface area contributed by atoms with E-state index in [1.165, 1.54) is 20.4 Å². The van der Waals surface area contributed by atoms with Gasteiger partial charge in [0.15, 0.2) is 24.7 Å². The Kier molecular flexibility index (Phi) is 7.65. The van der Waals surface area contributed by atoms with Gasteiger partial charge >= 0.3 is 5.97 Å². The van der Waals surface area contributed by atoms with Gasteiger partial charge in [0.2, 0.25) is 0 Å². The van der Waals surface area contributed by atoms with Crippen molar-refractivity contribution in [2.75, 3.05) is 27.4 Å². The number of hydrazone groups is 1. The number of carbonyl (C=O) groups excluding carboxylic acids is 2. The average molecular weight is 372 g/mol. The smallest absolute Gasteiger partial charge is 0.343 e. The summed E-state index contributed by atoms with van der Waals surface area (Å²) in [5.74, 6) is 0.672. The first kappa shape index (κ1) is 19.8. The average Bonchev–Trinajstić information content (AvgIpc) is 2.71. The molecular weight excluding hydrogens is 352 g/mol. The van der Waals surface area contributed by atoms with E-state index in [0.717, 1.165) is 5.56 Å². The topological polar surface area (TPSA) is 95.5 Å². The highest BCUT2D eigenvalue weighted by atomic mass is 16.6. The molecule has 0 saturated carbocycles. The summed E-state index contributed by atoms with van der Waals surface area (Å²) in [6.07, 6.45) is 1.48. The molecule has 8 heteroatoms. The van der Waals surface area contributed by atoms with Gasteiger partial charge in [-0.25, -0.2) is 10.2 Å². The van der Waals surface area contributed by atoms with Crippen molar-refractivity contribution in [3.05, 3.63) is 54.1 Å². The molecule has 0 aliphatic rings. The Balaban J connectivity index is 1.77. The number of hydrogen-bond acceptors (Lipinski definition) is 7. The normalized spacial score (nSPS) is 10.3. The maximum absolute atomic E-state index is 11.8. The molecule has 1 amide bonds. The SMILES string of the molecule is COC(=O)COc1ccc(/C=N\NC(=O)COc2ccccc2OC)cc1. The molecule has 0 aliphatic carbocycles. The third-order valence-corrected chi connectivity index (χ3v) is 3.30. The number of carbonyl (C=O) groups is 2. The van der Waals surface area contributed by atoms with E-state index in [1.807, 2.05) is 6.07 Å². The number of esters is 1. The summed E-state index contributed by atoms with van der Waals surface area (Å²) in [7, 11) is 2.82. The van der Waals surface area contributed by atoms with Crippen LogP contribution in [0.4, 0.5) is 0 Å². The highest BCUT2D eigenvalue weighted by Crippen LogP contribution is 2.25. The highest BCUT2D eigenvalue weighted by molar-refractivity contribution is 5.83. The molecular formula is C19H20N2O6. The van der Waals surface area contributed by atoms with Crippen molar-refractivity contribution < 1.29 is 28.5 Å². The zero-order valence-electron chi connectivity index (χ0n) is 15.0. The molecule has 0 fully saturated rings. The molecule has 2 aromatic rings. The molecule has 1 N–H and O–H groups in total. The summed E-state index contributed by atoms with van der Waals surface area (Å²) in [5, 5.41) is 3.86. The summed E-state index contributed by atoms with van der Waals surface area (Å²) < 4.78 is 20.3. The van der Waals surface area contributed by atoms with Gasteiger partial charge in [0, 0.05) is 0 Å². The minimum Gasteiger partial charge on any atom is -0.493 e. The van der Waals surface area contributed by atoms with Crippen LogP contribution in [-0.4, -0.2) is 45.5 Å². The largest absolute Gasteiger partial charge is 0.493 e. The zero-order valence-corrected chi connectivity index (χ0v) is 15.0. The van der Waals surface area contributed by atoms with Gasteiger partial charge in [-0.15, -0.1) is 0 Å². The molecule has 8 nitrogen and oxygen atoms in total. The van der Waals surface area contributed by atoms with Crippen molar-refractivity contribution in [3.8, 4) is 17.2 Å². The summed E-state index contributed by atoms with van der Waals surface area (Å²) >= 11 is 0. The number of methoxy groups -OCH3 is 2. The van der Waals surface area contributed by atoms with Crippen molar-refractivity contribution in [2.45, 2.75) is 0 Å². The lowest BCUT2D eigenvalue weighted by atomic mass is 10.2. The van der Waals surface area contributed by atoms with Crippen LogP contribution in [0.2, 0.25) is 0 Å². The molecule has 0 bridgehead atoms. The standard InChI is InChI=1S/C19H20N2O6/c1-24-16-5-3-4-6-17(16)27-12-18(22)21-20-11-14-7-9-15(10-8-14)26-13-19(23)25-2/h3-11H,12-13H2,1-2H3,(H,21,22)/b20-11-. The Labute approximate surface area is 156 Å². The van der Waals surface area contributed by atoms with E-state index in [1.54, 1.807) is 42.5 Å². The Bertz CT molecular complexity index is 789. The Morgan fingerprint density at radius 1 is 0.963 bits per heavy atom. The molecule has 2 rings (SSSR count). The van der Waals surface area contributed by atoms with Crippen LogP contribution in [0.5, 0.6) is 17.2 Å². The number of amides is 1. The molecule has 0 spiro atoms. The second-order valence-corrected chi connectivity index (χ2v) is 5.17. The predicted molar refractivity (Wildman–Crippen MR) is 98.2 cm³/mol. The van der Waals surface area contributed by atoms with Gasteiger partial charge in [-0.2, -0.15) is 5.10 Å². The van der Waals surface area contributed by atoms with E-state index < -0.39 is 11.9 Å². The van der Waals surface area contributed by atoms with E-state index in [2.05, 4.69) is 15.3 Å². The second-order valence-electron chi connectivity index (χ2n) is 5.17. The number of nitrogens with zero attached hydrogens (tertiary/aromatic N) is 1. The Morgan fingerprint density at radius 2 is 1.67 bits per heavy atom. The predicted octanol–water partition coefficient (Wildman–Crippen LogP) is 1.78. The van der Waals surface area contributed by atoms with Gasteiger partial charge in [-0.05, 0) is 42.0 Å². The van der Waals surface area contributed by atoms with Gasteiger partial charge in [0.1, 0.15) is 5.75 Å². The van der Waals surface area contributed by atoms with Crippen molar-refractivity contribution in [2.24, 2.45) is 5.10 Å². The minimum absolute atomic E-state index is 0.161. The highest BCUT2D eigenvalue weighted by Gasteiger charge is 2.06. The summed E-state index contributed by atoms with van der Waals surface area (Å²) in [4.78, 5) is 22.8. The molecule has 0 radical (unpaired) electrons. The van der Waals surface area contributed by atoms with Gasteiger partial charge in [-0.3, -0.25) is 4.79 Å². The van der Waals surface area contributed by atoms with Gasteiger partial charge in [0.25, 0.3) is 5.91 Å². The lowest BCUT2D eigenvalue weighted by Gasteiger charge is -2.09. The van der Waals surface area contributed by atoms with E-state index in [9.17, 15) is 9.59 Å². The van der Waals surface area contributed by atoms with Crippen LogP contribution in [0.3, 0.4) is 0 Å². The number of benzene rings is 2. The maximum Gasteiger partial charge on any atom is 0.343 e. The minimum atomic E-state index is -0.460. The lowest BCUT2D eigenvalue weighted by Crippen LogP contribution is -2.24. The van der Waals surface area contributed by atoms with E-state index >= 15 is 0 Å². The monoisotopic (exact) mass is 372 g/mol. The van der Waals surface area contributed by atoms with Crippen LogP contribution >= 0.6 is 0 Å². The quantitative estimate of drug-likeness (QED) is 0.410. The first-order valence-electron chi connectivity index (χ1n) is 7.99. The van der Waals surface area contributed by atoms with Crippen LogP contribution in [0.15, 0.2) is 53.6 Å². The van der Waals surface area contributed by atoms with E-state index in [-0.39, 0.29) is 13.2 Å². The summed E-state index contributed by atoms with van der Waals surface area (Å²) in [6.45, 7) is -0.357. The molecule has 0 atom stereocenters. The fourth-order valence-corrected chi connectivity index (χ4v) is 1.94. The molecule has 0 saturated heterocycles. The number of hydrogen-bond donors (Lipinski definition) is 1. The Hall–Kier alpha value is -3.55. The van der Waals surface area contributed by atoms with Crippen molar-refractivity contribution in [1.29, 1.82) is 0 Å². The van der Waals surface area contributed by atoms with Gasteiger partial charge in [-0.1, -0.05) is 12.1 Å². The van der Waals surface area contributed by atoms with Crippen molar-refractivity contribution >= 4 is 18.1 Å². The summed E-state index contributed by atoms with van der Waals surface area (Å²) in [6, 6.07) is 13.9. The fourth-order valence-electron chi connectivity index (χ4n) is 1.94. The number of nitrogens with one attached hydrogen (secondary N) is 1. The number of ether oxygens (including phenoxy) is 4. The van der Waals surface area contributed by atoms with Crippen LogP contribution < -0.4 is 19.6 Å². The number of para-hydroxylation sites is 2. The van der Waals surface area contributed by atoms with Crippen LogP contribution in [-0.2, 0) is 14.3 Å². The molecule has 0 heterocycles. The molecule has 0 aliphatic heterocycles. The number of rotatable bonds is 9.